The molecule has 0 saturated heterocycles. The van der Waals surface area contributed by atoms with Gasteiger partial charge in [0.05, 0.1) is 24.1 Å². The molecule has 0 N–H and O–H groups in total. The Hall–Kier alpha value is -2.61. The van der Waals surface area contributed by atoms with Crippen molar-refractivity contribution >= 4 is 11.2 Å². The molecule has 0 radical (unpaired) electrons. The minimum atomic E-state index is -4.52. The normalized spacial score (nSPS) is 11.8. The van der Waals surface area contributed by atoms with Crippen molar-refractivity contribution in [2.75, 3.05) is 7.11 Å². The number of hydrogen-bond acceptors (Lipinski definition) is 5. The molecule has 5 nitrogen and oxygen atoms in total. The molecular formula is C15H11F3N4O. The van der Waals surface area contributed by atoms with E-state index in [1.165, 1.54) is 25.6 Å². The third-order valence-electron chi connectivity index (χ3n) is 3.11. The summed E-state index contributed by atoms with van der Waals surface area (Å²) >= 11 is 0. The number of halogens is 3. The zero-order valence-electron chi connectivity index (χ0n) is 12.0. The van der Waals surface area contributed by atoms with Crippen molar-refractivity contribution in [2.24, 2.45) is 0 Å². The van der Waals surface area contributed by atoms with Crippen LogP contribution in [0, 0.1) is 0 Å². The van der Waals surface area contributed by atoms with Gasteiger partial charge in [0, 0.05) is 13.3 Å². The number of ether oxygens (including phenoxy) is 1. The lowest BCUT2D eigenvalue weighted by Crippen LogP contribution is -2.09. The van der Waals surface area contributed by atoms with E-state index >= 15 is 0 Å². The molecule has 0 fully saturated rings. The summed E-state index contributed by atoms with van der Waals surface area (Å²) < 4.78 is 44.3. The highest BCUT2D eigenvalue weighted by Gasteiger charge is 2.34. The van der Waals surface area contributed by atoms with Gasteiger partial charge in [-0.1, -0.05) is 0 Å². The van der Waals surface area contributed by atoms with Crippen LogP contribution in [0.25, 0.3) is 22.6 Å². The van der Waals surface area contributed by atoms with Gasteiger partial charge in [0.2, 0.25) is 0 Å². The van der Waals surface area contributed by atoms with Crippen LogP contribution in [0.4, 0.5) is 13.2 Å². The van der Waals surface area contributed by atoms with Crippen LogP contribution in [-0.2, 0) is 17.5 Å². The van der Waals surface area contributed by atoms with Crippen molar-refractivity contribution in [3.05, 3.63) is 47.9 Å². The fourth-order valence-electron chi connectivity index (χ4n) is 2.12. The first-order chi connectivity index (χ1) is 11.0. The number of pyridine rings is 2. The molecule has 0 amide bonds. The Morgan fingerprint density at radius 2 is 1.91 bits per heavy atom. The number of rotatable bonds is 3. The summed E-state index contributed by atoms with van der Waals surface area (Å²) in [6.07, 6.45) is -1.98. The summed E-state index contributed by atoms with van der Waals surface area (Å²) in [5.41, 5.74) is 0.236. The molecule has 118 valence electrons. The summed E-state index contributed by atoms with van der Waals surface area (Å²) in [5.74, 6) is 0. The molecule has 0 bridgehead atoms. The predicted octanol–water partition coefficient (Wildman–Crippen LogP) is 3.25. The Morgan fingerprint density at radius 3 is 2.65 bits per heavy atom. The van der Waals surface area contributed by atoms with E-state index in [0.717, 1.165) is 6.07 Å². The molecular weight excluding hydrogens is 309 g/mol. The Bertz CT molecular complexity index is 851. The van der Waals surface area contributed by atoms with Crippen molar-refractivity contribution in [3.63, 3.8) is 0 Å². The summed E-state index contributed by atoms with van der Waals surface area (Å²) in [5, 5.41) is 0. The van der Waals surface area contributed by atoms with Crippen LogP contribution >= 0.6 is 0 Å². The maximum atomic E-state index is 13.1. The van der Waals surface area contributed by atoms with E-state index in [-0.39, 0.29) is 23.6 Å². The molecule has 3 aromatic rings. The minimum Gasteiger partial charge on any atom is -0.378 e. The second-order valence-corrected chi connectivity index (χ2v) is 4.73. The van der Waals surface area contributed by atoms with Crippen molar-refractivity contribution in [3.8, 4) is 11.4 Å². The van der Waals surface area contributed by atoms with Crippen LogP contribution in [-0.4, -0.2) is 27.0 Å². The van der Waals surface area contributed by atoms with Crippen molar-refractivity contribution in [1.29, 1.82) is 0 Å². The van der Waals surface area contributed by atoms with Crippen molar-refractivity contribution in [1.82, 2.24) is 19.9 Å². The van der Waals surface area contributed by atoms with E-state index in [0.29, 0.717) is 11.2 Å². The van der Waals surface area contributed by atoms with Gasteiger partial charge in [0.1, 0.15) is 16.9 Å². The summed E-state index contributed by atoms with van der Waals surface area (Å²) in [6.45, 7) is 0.277. The molecule has 0 atom stereocenters. The van der Waals surface area contributed by atoms with Gasteiger partial charge in [-0.05, 0) is 24.3 Å². The highest BCUT2D eigenvalue weighted by molar-refractivity contribution is 5.73. The quantitative estimate of drug-likeness (QED) is 0.741. The number of hydrogen-bond donors (Lipinski definition) is 0. The van der Waals surface area contributed by atoms with Crippen LogP contribution in [0.1, 0.15) is 11.3 Å². The first-order valence-corrected chi connectivity index (χ1v) is 6.63. The summed E-state index contributed by atoms with van der Waals surface area (Å²) in [7, 11) is 1.53. The zero-order valence-corrected chi connectivity index (χ0v) is 12.0. The van der Waals surface area contributed by atoms with Gasteiger partial charge >= 0.3 is 6.18 Å². The Balaban J connectivity index is 2.14. The van der Waals surface area contributed by atoms with Gasteiger partial charge < -0.3 is 4.74 Å². The second kappa shape index (κ2) is 5.88. The zero-order chi connectivity index (χ0) is 16.4. The minimum absolute atomic E-state index is 0.0208. The molecule has 8 heteroatoms. The van der Waals surface area contributed by atoms with Crippen LogP contribution in [0.15, 0.2) is 36.7 Å². The monoisotopic (exact) mass is 320 g/mol. The average Bonchev–Trinajstić information content (AvgIpc) is 2.54. The first kappa shape index (κ1) is 15.3. The van der Waals surface area contributed by atoms with E-state index in [9.17, 15) is 13.2 Å². The third kappa shape index (κ3) is 3.11. The highest BCUT2D eigenvalue weighted by atomic mass is 19.4. The van der Waals surface area contributed by atoms with E-state index in [4.69, 9.17) is 4.74 Å². The molecule has 3 aromatic heterocycles. The SMILES string of the molecule is COCc1ccc2ncc(-c3ncccc3C(F)(F)F)nc2n1. The van der Waals surface area contributed by atoms with E-state index < -0.39 is 11.7 Å². The van der Waals surface area contributed by atoms with Gasteiger partial charge in [0.25, 0.3) is 0 Å². The van der Waals surface area contributed by atoms with Crippen LogP contribution < -0.4 is 0 Å². The Kier molecular flexibility index (Phi) is 3.91. The fraction of sp³-hybridized carbons (Fsp3) is 0.200. The maximum absolute atomic E-state index is 13.1. The molecule has 0 unspecified atom stereocenters. The molecule has 0 aliphatic heterocycles. The largest absolute Gasteiger partial charge is 0.418 e. The molecule has 0 aromatic carbocycles. The van der Waals surface area contributed by atoms with E-state index in [1.807, 2.05) is 0 Å². The lowest BCUT2D eigenvalue weighted by Gasteiger charge is -2.11. The standard InChI is InChI=1S/C15H11F3N4O/c1-23-8-9-4-5-11-14(21-9)22-12(7-20-11)13-10(15(16,17)18)3-2-6-19-13/h2-7H,8H2,1H3. The number of fused-ring (bicyclic) bond motifs is 1. The molecule has 3 heterocycles. The smallest absolute Gasteiger partial charge is 0.378 e. The lowest BCUT2D eigenvalue weighted by atomic mass is 10.1. The highest BCUT2D eigenvalue weighted by Crippen LogP contribution is 2.35. The molecule has 0 spiro atoms. The second-order valence-electron chi connectivity index (χ2n) is 4.73. The average molecular weight is 320 g/mol. The van der Waals surface area contributed by atoms with Crippen LogP contribution in [0.5, 0.6) is 0 Å². The van der Waals surface area contributed by atoms with Gasteiger partial charge in [-0.15, -0.1) is 0 Å². The van der Waals surface area contributed by atoms with Gasteiger partial charge in [0.15, 0.2) is 5.65 Å². The van der Waals surface area contributed by atoms with Crippen molar-refractivity contribution in [2.45, 2.75) is 12.8 Å². The number of alkyl halides is 3. The number of aromatic nitrogens is 4. The third-order valence-corrected chi connectivity index (χ3v) is 3.11. The Morgan fingerprint density at radius 1 is 1.09 bits per heavy atom. The van der Waals surface area contributed by atoms with Crippen molar-refractivity contribution < 1.29 is 17.9 Å². The van der Waals surface area contributed by atoms with Crippen LogP contribution in [0.3, 0.4) is 0 Å². The van der Waals surface area contributed by atoms with Gasteiger partial charge in [-0.2, -0.15) is 13.2 Å². The summed E-state index contributed by atoms with van der Waals surface area (Å²) in [6, 6.07) is 5.61. The molecule has 0 saturated carbocycles. The van der Waals surface area contributed by atoms with Gasteiger partial charge in [-0.3, -0.25) is 9.97 Å². The predicted molar refractivity (Wildman–Crippen MR) is 76.3 cm³/mol. The fourth-order valence-corrected chi connectivity index (χ4v) is 2.12. The lowest BCUT2D eigenvalue weighted by molar-refractivity contribution is -0.137. The number of nitrogens with zero attached hydrogens (tertiary/aromatic N) is 4. The first-order valence-electron chi connectivity index (χ1n) is 6.63. The van der Waals surface area contributed by atoms with E-state index in [2.05, 4.69) is 19.9 Å². The molecule has 0 aliphatic carbocycles. The molecule has 23 heavy (non-hydrogen) atoms. The summed E-state index contributed by atoms with van der Waals surface area (Å²) in [4.78, 5) is 16.3. The van der Waals surface area contributed by atoms with Crippen LogP contribution in [0.2, 0.25) is 0 Å². The number of methoxy groups -OCH3 is 1. The van der Waals surface area contributed by atoms with E-state index in [1.54, 1.807) is 12.1 Å². The Labute approximate surface area is 129 Å². The topological polar surface area (TPSA) is 60.8 Å². The van der Waals surface area contributed by atoms with Gasteiger partial charge in [-0.25, -0.2) is 9.97 Å². The molecule has 3 rings (SSSR count). The molecule has 0 aliphatic rings. The maximum Gasteiger partial charge on any atom is 0.418 e.